The topological polar surface area (TPSA) is 191 Å². The van der Waals surface area contributed by atoms with Crippen LogP contribution in [0.25, 0.3) is 0 Å². The fourth-order valence-electron chi connectivity index (χ4n) is 4.81. The van der Waals surface area contributed by atoms with Crippen molar-refractivity contribution in [2.45, 2.75) is 68.4 Å². The van der Waals surface area contributed by atoms with Gasteiger partial charge in [0.15, 0.2) is 5.79 Å². The molecule has 7 atom stereocenters. The lowest BCUT2D eigenvalue weighted by atomic mass is 9.74. The minimum absolute atomic E-state index is 0.106. The highest BCUT2D eigenvalue weighted by Gasteiger charge is 2.84. The number of carboxylic acid groups (broad SMARTS) is 3. The summed E-state index contributed by atoms with van der Waals surface area (Å²) in [5.41, 5.74) is -5.20. The second-order valence-corrected chi connectivity index (χ2v) is 8.93. The lowest BCUT2D eigenvalue weighted by molar-refractivity contribution is -0.373. The first-order valence-electron chi connectivity index (χ1n) is 10.7. The van der Waals surface area contributed by atoms with Gasteiger partial charge in [0, 0.05) is 6.42 Å². The highest BCUT2D eigenvalue weighted by Crippen LogP contribution is 2.54. The van der Waals surface area contributed by atoms with E-state index in [1.807, 2.05) is 43.3 Å². The zero-order chi connectivity index (χ0) is 25.5. The third-order valence-corrected chi connectivity index (χ3v) is 6.47. The molecule has 6 N–H and O–H groups in total. The maximum absolute atomic E-state index is 12.1. The van der Waals surface area contributed by atoms with E-state index in [-0.39, 0.29) is 18.8 Å². The van der Waals surface area contributed by atoms with Gasteiger partial charge in [0.25, 0.3) is 0 Å². The van der Waals surface area contributed by atoms with Crippen molar-refractivity contribution in [1.82, 2.24) is 0 Å². The second kappa shape index (κ2) is 9.08. The van der Waals surface area contributed by atoms with Gasteiger partial charge in [0.2, 0.25) is 17.3 Å². The van der Waals surface area contributed by atoms with Crippen molar-refractivity contribution in [2.75, 3.05) is 0 Å². The van der Waals surface area contributed by atoms with Crippen LogP contribution in [0, 0.1) is 5.92 Å². The Morgan fingerprint density at radius 3 is 2.21 bits per heavy atom. The number of aliphatic carboxylic acids is 3. The van der Waals surface area contributed by atoms with Gasteiger partial charge in [-0.15, -0.1) is 0 Å². The first kappa shape index (κ1) is 25.8. The number of aliphatic hydroxyl groups excluding tert-OH is 2. The van der Waals surface area contributed by atoms with Crippen LogP contribution in [-0.2, 0) is 30.3 Å². The van der Waals surface area contributed by atoms with E-state index in [1.54, 1.807) is 6.92 Å². The molecule has 0 radical (unpaired) electrons. The molecule has 3 rings (SSSR count). The van der Waals surface area contributed by atoms with E-state index in [4.69, 9.17) is 9.47 Å². The van der Waals surface area contributed by atoms with E-state index in [1.165, 1.54) is 0 Å². The predicted octanol–water partition coefficient (Wildman–Crippen LogP) is 0.163. The van der Waals surface area contributed by atoms with E-state index in [2.05, 4.69) is 0 Å². The number of benzene rings is 1. The number of hydrogen-bond donors (Lipinski definition) is 6. The highest BCUT2D eigenvalue weighted by molar-refractivity contribution is 5.97. The van der Waals surface area contributed by atoms with Crippen molar-refractivity contribution in [2.24, 2.45) is 5.92 Å². The Hall–Kier alpha value is -2.83. The maximum atomic E-state index is 12.1. The van der Waals surface area contributed by atoms with Crippen molar-refractivity contribution in [3.05, 3.63) is 47.5 Å². The zero-order valence-electron chi connectivity index (χ0n) is 18.6. The average molecular weight is 480 g/mol. The number of ether oxygens (including phenoxy) is 2. The fraction of sp³-hybridized carbons (Fsp3) is 0.522. The quantitative estimate of drug-likeness (QED) is 0.264. The third-order valence-electron chi connectivity index (χ3n) is 6.47. The molecule has 7 unspecified atom stereocenters. The first-order chi connectivity index (χ1) is 15.8. The van der Waals surface area contributed by atoms with Crippen molar-refractivity contribution < 1.29 is 54.5 Å². The highest BCUT2D eigenvalue weighted by atomic mass is 16.8. The molecule has 0 aliphatic carbocycles. The molecule has 2 bridgehead atoms. The molecule has 1 aromatic carbocycles. The Labute approximate surface area is 194 Å². The number of rotatable bonds is 9. The van der Waals surface area contributed by atoms with Crippen molar-refractivity contribution in [3.8, 4) is 0 Å². The van der Waals surface area contributed by atoms with Gasteiger partial charge in [-0.25, -0.2) is 14.4 Å². The van der Waals surface area contributed by atoms with E-state index >= 15 is 0 Å². The predicted molar refractivity (Wildman–Crippen MR) is 114 cm³/mol. The normalized spacial score (nSPS) is 36.1. The summed E-state index contributed by atoms with van der Waals surface area (Å²) >= 11 is 0. The minimum atomic E-state index is -3.72. The Balaban J connectivity index is 1.89. The molecule has 0 aromatic heterocycles. The minimum Gasteiger partial charge on any atom is -0.479 e. The van der Waals surface area contributed by atoms with Crippen LogP contribution in [0.5, 0.6) is 0 Å². The van der Waals surface area contributed by atoms with Crippen molar-refractivity contribution >= 4 is 17.9 Å². The van der Waals surface area contributed by atoms with Crippen LogP contribution < -0.4 is 0 Å². The van der Waals surface area contributed by atoms with Crippen LogP contribution >= 0.6 is 0 Å². The van der Waals surface area contributed by atoms with Gasteiger partial charge in [0.05, 0.1) is 0 Å². The molecule has 2 saturated heterocycles. The van der Waals surface area contributed by atoms with Gasteiger partial charge in [0.1, 0.15) is 12.2 Å². The van der Waals surface area contributed by atoms with Crippen LogP contribution in [0.1, 0.15) is 32.3 Å². The molecule has 34 heavy (non-hydrogen) atoms. The number of aliphatic hydroxyl groups is 3. The number of carbonyl (C=O) groups is 3. The summed E-state index contributed by atoms with van der Waals surface area (Å²) in [5, 5.41) is 60.8. The van der Waals surface area contributed by atoms with Crippen LogP contribution in [0.4, 0.5) is 0 Å². The molecule has 2 aliphatic rings. The number of hydrogen-bond acceptors (Lipinski definition) is 8. The second-order valence-electron chi connectivity index (χ2n) is 8.93. The molecular formula is C23H28O11. The lowest BCUT2D eigenvalue weighted by Crippen LogP contribution is -2.77. The monoisotopic (exact) mass is 480 g/mol. The number of allylic oxidation sites excluding steroid dienone is 2. The molecule has 11 heteroatoms. The molecule has 0 spiro atoms. The van der Waals surface area contributed by atoms with Crippen LogP contribution in [0.15, 0.2) is 42.0 Å². The van der Waals surface area contributed by atoms with Crippen LogP contribution in [0.2, 0.25) is 0 Å². The number of carboxylic acids is 3. The van der Waals surface area contributed by atoms with Crippen molar-refractivity contribution in [3.63, 3.8) is 0 Å². The molecule has 0 saturated carbocycles. The van der Waals surface area contributed by atoms with E-state index < -0.39 is 53.2 Å². The van der Waals surface area contributed by atoms with Crippen LogP contribution in [-0.4, -0.2) is 83.8 Å². The average Bonchev–Trinajstić information content (AvgIpc) is 2.96. The van der Waals surface area contributed by atoms with E-state index in [0.29, 0.717) is 0 Å². The Kier molecular flexibility index (Phi) is 6.89. The van der Waals surface area contributed by atoms with Gasteiger partial charge in [-0.1, -0.05) is 48.9 Å². The molecule has 2 heterocycles. The van der Waals surface area contributed by atoms with Gasteiger partial charge in [-0.05, 0) is 31.2 Å². The molecule has 2 aliphatic heterocycles. The molecule has 0 amide bonds. The Morgan fingerprint density at radius 1 is 1.06 bits per heavy atom. The fourth-order valence-corrected chi connectivity index (χ4v) is 4.81. The summed E-state index contributed by atoms with van der Waals surface area (Å²) in [7, 11) is 0. The van der Waals surface area contributed by atoms with Gasteiger partial charge >= 0.3 is 17.9 Å². The molecule has 1 aromatic rings. The summed E-state index contributed by atoms with van der Waals surface area (Å²) in [6.45, 7) is 3.75. The summed E-state index contributed by atoms with van der Waals surface area (Å²) in [6, 6.07) is 9.73. The largest absolute Gasteiger partial charge is 0.479 e. The van der Waals surface area contributed by atoms with E-state index in [0.717, 1.165) is 17.6 Å². The molecular weight excluding hydrogens is 452 g/mol. The smallest absolute Gasteiger partial charge is 0.343 e. The summed E-state index contributed by atoms with van der Waals surface area (Å²) in [4.78, 5) is 35.7. The zero-order valence-corrected chi connectivity index (χ0v) is 18.6. The van der Waals surface area contributed by atoms with Crippen molar-refractivity contribution in [1.29, 1.82) is 0 Å². The van der Waals surface area contributed by atoms with Crippen LogP contribution in [0.3, 0.4) is 0 Å². The molecule has 11 nitrogen and oxygen atoms in total. The Bertz CT molecular complexity index is 992. The maximum Gasteiger partial charge on any atom is 0.343 e. The van der Waals surface area contributed by atoms with E-state index in [9.17, 15) is 45.0 Å². The standard InChI is InChI=1S/C23H28O11/c1-12(10-13(2)11-14-6-4-3-5-7-14)8-9-21-15(24)16(25)23(34-21,20(30)31)22(32,19(28)29)17(33-21)18(26)27/h3-7,10,13,15-17,24-25,32H,8-9,11H2,1-2H3,(H,26,27)(H,28,29)(H,30,31). The summed E-state index contributed by atoms with van der Waals surface area (Å²) < 4.78 is 10.6. The molecule has 186 valence electrons. The van der Waals surface area contributed by atoms with Gasteiger partial charge < -0.3 is 40.1 Å². The Morgan fingerprint density at radius 2 is 1.68 bits per heavy atom. The molecule has 2 fully saturated rings. The SMILES string of the molecule is CC(=CC(C)Cc1ccccc1)CCC12OC(C(=O)O)C(O)(C(=O)O)C(C(=O)O)(O1)C(O)C2O. The lowest BCUT2D eigenvalue weighted by Gasteiger charge is -2.48. The third kappa shape index (κ3) is 3.89. The first-order valence-corrected chi connectivity index (χ1v) is 10.7. The van der Waals surface area contributed by atoms with Gasteiger partial charge in [-0.2, -0.15) is 0 Å². The summed E-state index contributed by atoms with van der Waals surface area (Å²) in [5.74, 6) is -8.71. The summed E-state index contributed by atoms with van der Waals surface area (Å²) in [6.07, 6.45) is -4.76. The van der Waals surface area contributed by atoms with Gasteiger partial charge in [-0.3, -0.25) is 0 Å². The number of fused-ring (bicyclic) bond motifs is 2.